The number of ether oxygens (including phenoxy) is 3. The molecule has 0 bridgehead atoms. The van der Waals surface area contributed by atoms with E-state index in [0.717, 1.165) is 17.8 Å². The second kappa shape index (κ2) is 9.54. The molecule has 9 heteroatoms. The number of nitriles is 1. The summed E-state index contributed by atoms with van der Waals surface area (Å²) < 4.78 is 15.9. The molecule has 0 radical (unpaired) electrons. The fourth-order valence-corrected chi connectivity index (χ4v) is 3.16. The summed E-state index contributed by atoms with van der Waals surface area (Å²) in [5.74, 6) is 0.638. The number of carbonyl (C=O) groups is 1. The summed E-state index contributed by atoms with van der Waals surface area (Å²) in [5.41, 5.74) is 0.401. The minimum Gasteiger partial charge on any atom is -0.493 e. The van der Waals surface area contributed by atoms with Gasteiger partial charge in [0.2, 0.25) is 10.9 Å². The minimum atomic E-state index is -0.575. The van der Waals surface area contributed by atoms with Crippen LogP contribution in [0, 0.1) is 11.3 Å². The molecule has 0 aliphatic heterocycles. The molecule has 0 fully saturated rings. The molecular formula is C18H20N4O4S. The summed E-state index contributed by atoms with van der Waals surface area (Å²) in [6.07, 6.45) is 3.15. The van der Waals surface area contributed by atoms with Crippen molar-refractivity contribution in [3.63, 3.8) is 0 Å². The number of aryl methyl sites for hydroxylation is 1. The maximum Gasteiger partial charge on any atom is 0.268 e. The Morgan fingerprint density at radius 3 is 2.56 bits per heavy atom. The van der Waals surface area contributed by atoms with Gasteiger partial charge in [0, 0.05) is 12.0 Å². The minimum absolute atomic E-state index is 0.104. The Labute approximate surface area is 161 Å². The van der Waals surface area contributed by atoms with E-state index in [-0.39, 0.29) is 5.57 Å². The van der Waals surface area contributed by atoms with Gasteiger partial charge in [0.15, 0.2) is 11.5 Å². The Bertz CT molecular complexity index is 886. The lowest BCUT2D eigenvalue weighted by atomic mass is 10.1. The van der Waals surface area contributed by atoms with Gasteiger partial charge in [-0.05, 0) is 24.6 Å². The highest BCUT2D eigenvalue weighted by atomic mass is 32.1. The zero-order valence-corrected chi connectivity index (χ0v) is 16.3. The van der Waals surface area contributed by atoms with Crippen LogP contribution >= 0.6 is 11.3 Å². The fourth-order valence-electron chi connectivity index (χ4n) is 2.33. The zero-order valence-electron chi connectivity index (χ0n) is 15.5. The van der Waals surface area contributed by atoms with E-state index >= 15 is 0 Å². The summed E-state index contributed by atoms with van der Waals surface area (Å²) in [6, 6.07) is 5.24. The van der Waals surface area contributed by atoms with Gasteiger partial charge in [-0.3, -0.25) is 10.1 Å². The van der Waals surface area contributed by atoms with Crippen LogP contribution in [0.4, 0.5) is 5.13 Å². The summed E-state index contributed by atoms with van der Waals surface area (Å²) in [4.78, 5) is 12.4. The van der Waals surface area contributed by atoms with E-state index in [1.807, 2.05) is 13.0 Å². The highest BCUT2D eigenvalue weighted by Crippen LogP contribution is 2.40. The van der Waals surface area contributed by atoms with Crippen molar-refractivity contribution >= 4 is 28.5 Å². The largest absolute Gasteiger partial charge is 0.493 e. The van der Waals surface area contributed by atoms with Crippen LogP contribution < -0.4 is 19.5 Å². The quantitative estimate of drug-likeness (QED) is 0.547. The smallest absolute Gasteiger partial charge is 0.268 e. The average molecular weight is 388 g/mol. The number of methoxy groups -OCH3 is 3. The Morgan fingerprint density at radius 1 is 1.22 bits per heavy atom. The van der Waals surface area contributed by atoms with Crippen molar-refractivity contribution < 1.29 is 19.0 Å². The summed E-state index contributed by atoms with van der Waals surface area (Å²) >= 11 is 1.29. The molecule has 0 spiro atoms. The molecular weight excluding hydrogens is 368 g/mol. The molecule has 0 saturated carbocycles. The second-order valence-electron chi connectivity index (χ2n) is 5.30. The molecule has 1 heterocycles. The number of anilines is 1. The number of nitrogens with zero attached hydrogens (tertiary/aromatic N) is 3. The molecule has 1 aromatic carbocycles. The van der Waals surface area contributed by atoms with Gasteiger partial charge in [-0.1, -0.05) is 18.3 Å². The third-order valence-corrected chi connectivity index (χ3v) is 4.45. The topological polar surface area (TPSA) is 106 Å². The summed E-state index contributed by atoms with van der Waals surface area (Å²) in [6.45, 7) is 2.03. The van der Waals surface area contributed by atoms with Crippen LogP contribution in [-0.4, -0.2) is 37.4 Å². The van der Waals surface area contributed by atoms with E-state index in [1.54, 1.807) is 12.1 Å². The molecule has 142 valence electrons. The number of aromatic nitrogens is 2. The first-order valence-electron chi connectivity index (χ1n) is 8.12. The van der Waals surface area contributed by atoms with E-state index in [0.29, 0.717) is 27.9 Å². The number of carbonyl (C=O) groups excluding carboxylic acids is 1. The monoisotopic (exact) mass is 388 g/mol. The number of amides is 1. The van der Waals surface area contributed by atoms with Crippen molar-refractivity contribution in [2.75, 3.05) is 26.6 Å². The molecule has 0 unspecified atom stereocenters. The van der Waals surface area contributed by atoms with Gasteiger partial charge in [-0.2, -0.15) is 5.26 Å². The van der Waals surface area contributed by atoms with Crippen LogP contribution in [0.15, 0.2) is 17.7 Å². The van der Waals surface area contributed by atoms with Gasteiger partial charge in [0.25, 0.3) is 5.91 Å². The third kappa shape index (κ3) is 4.74. The van der Waals surface area contributed by atoms with E-state index in [4.69, 9.17) is 14.2 Å². The van der Waals surface area contributed by atoms with E-state index in [2.05, 4.69) is 15.5 Å². The first kappa shape index (κ1) is 20.2. The van der Waals surface area contributed by atoms with Crippen LogP contribution in [0.2, 0.25) is 0 Å². The number of benzene rings is 1. The van der Waals surface area contributed by atoms with Gasteiger partial charge in [-0.25, -0.2) is 0 Å². The van der Waals surface area contributed by atoms with Crippen molar-refractivity contribution in [1.29, 1.82) is 5.26 Å². The molecule has 0 aliphatic carbocycles. The van der Waals surface area contributed by atoms with Crippen LogP contribution in [0.25, 0.3) is 6.08 Å². The average Bonchev–Trinajstić information content (AvgIpc) is 3.12. The van der Waals surface area contributed by atoms with E-state index < -0.39 is 5.91 Å². The Balaban J connectivity index is 2.31. The number of rotatable bonds is 8. The molecule has 2 aromatic rings. The van der Waals surface area contributed by atoms with Gasteiger partial charge >= 0.3 is 0 Å². The molecule has 1 aromatic heterocycles. The Morgan fingerprint density at radius 2 is 1.96 bits per heavy atom. The van der Waals surface area contributed by atoms with Gasteiger partial charge in [0.1, 0.15) is 16.6 Å². The SMILES string of the molecule is CCCc1nnc(NC(=O)/C(C#N)=C\c2ccc(OC)c(OC)c2OC)s1. The van der Waals surface area contributed by atoms with Crippen LogP contribution in [0.5, 0.6) is 17.2 Å². The van der Waals surface area contributed by atoms with Gasteiger partial charge < -0.3 is 14.2 Å². The van der Waals surface area contributed by atoms with Crippen LogP contribution in [-0.2, 0) is 11.2 Å². The van der Waals surface area contributed by atoms with Crippen molar-refractivity contribution in [3.05, 3.63) is 28.3 Å². The Kier molecular flexibility index (Phi) is 7.14. The van der Waals surface area contributed by atoms with Crippen molar-refractivity contribution in [2.45, 2.75) is 19.8 Å². The van der Waals surface area contributed by atoms with Crippen molar-refractivity contribution in [1.82, 2.24) is 10.2 Å². The predicted molar refractivity (Wildman–Crippen MR) is 102 cm³/mol. The molecule has 8 nitrogen and oxygen atoms in total. The standard InChI is InChI=1S/C18H20N4O4S/c1-5-6-14-21-22-18(27-14)20-17(23)12(10-19)9-11-7-8-13(24-2)16(26-4)15(11)25-3/h7-9H,5-6H2,1-4H3,(H,20,22,23)/b12-9-. The zero-order chi connectivity index (χ0) is 19.8. The second-order valence-corrected chi connectivity index (χ2v) is 6.36. The molecule has 2 rings (SSSR count). The lowest BCUT2D eigenvalue weighted by molar-refractivity contribution is -0.112. The molecule has 0 aliphatic rings. The molecule has 0 atom stereocenters. The summed E-state index contributed by atoms with van der Waals surface area (Å²) in [7, 11) is 4.46. The van der Waals surface area contributed by atoms with Crippen molar-refractivity contribution in [2.24, 2.45) is 0 Å². The number of hydrogen-bond donors (Lipinski definition) is 1. The normalized spacial score (nSPS) is 10.9. The van der Waals surface area contributed by atoms with E-state index in [9.17, 15) is 10.1 Å². The van der Waals surface area contributed by atoms with Gasteiger partial charge in [0.05, 0.1) is 21.3 Å². The fraction of sp³-hybridized carbons (Fsp3) is 0.333. The first-order chi connectivity index (χ1) is 13.1. The van der Waals surface area contributed by atoms with Crippen LogP contribution in [0.1, 0.15) is 23.9 Å². The Hall–Kier alpha value is -3.12. The molecule has 1 N–H and O–H groups in total. The van der Waals surface area contributed by atoms with E-state index in [1.165, 1.54) is 38.7 Å². The lowest BCUT2D eigenvalue weighted by Gasteiger charge is -2.14. The molecule has 1 amide bonds. The third-order valence-electron chi connectivity index (χ3n) is 3.55. The maximum atomic E-state index is 12.4. The molecule has 0 saturated heterocycles. The van der Waals surface area contributed by atoms with Crippen molar-refractivity contribution in [3.8, 4) is 23.3 Å². The maximum absolute atomic E-state index is 12.4. The highest BCUT2D eigenvalue weighted by Gasteiger charge is 2.18. The highest BCUT2D eigenvalue weighted by molar-refractivity contribution is 7.15. The summed E-state index contributed by atoms with van der Waals surface area (Å²) in [5, 5.41) is 21.1. The van der Waals surface area contributed by atoms with Crippen LogP contribution in [0.3, 0.4) is 0 Å². The number of nitrogens with one attached hydrogen (secondary N) is 1. The number of hydrogen-bond acceptors (Lipinski definition) is 8. The van der Waals surface area contributed by atoms with Gasteiger partial charge in [-0.15, -0.1) is 10.2 Å². The predicted octanol–water partition coefficient (Wildman–Crippen LogP) is 3.06. The molecule has 27 heavy (non-hydrogen) atoms. The lowest BCUT2D eigenvalue weighted by Crippen LogP contribution is -2.13. The first-order valence-corrected chi connectivity index (χ1v) is 8.94.